The fourth-order valence-electron chi connectivity index (χ4n) is 2.61. The zero-order valence-electron chi connectivity index (χ0n) is 14.6. The van der Waals surface area contributed by atoms with Crippen LogP contribution in [0.1, 0.15) is 32.4 Å². The van der Waals surface area contributed by atoms with Gasteiger partial charge in [0.2, 0.25) is 5.91 Å². The Labute approximate surface area is 144 Å². The molecule has 0 bridgehead atoms. The highest BCUT2D eigenvalue weighted by molar-refractivity contribution is 5.92. The summed E-state index contributed by atoms with van der Waals surface area (Å²) in [5.74, 6) is 1.14. The minimum absolute atomic E-state index is 0.0549. The average molecular weight is 326 g/mol. The Morgan fingerprint density at radius 2 is 1.71 bits per heavy atom. The molecule has 1 amide bonds. The number of carbonyl (C=O) groups excluding carboxylic acids is 1. The zero-order valence-corrected chi connectivity index (χ0v) is 14.6. The maximum atomic E-state index is 12.2. The predicted octanol–water partition coefficient (Wildman–Crippen LogP) is 4.01. The van der Waals surface area contributed by atoms with Crippen LogP contribution >= 0.6 is 0 Å². The molecule has 0 unspecified atom stereocenters. The van der Waals surface area contributed by atoms with Crippen LogP contribution in [0, 0.1) is 5.92 Å². The second-order valence-corrected chi connectivity index (χ2v) is 6.02. The molecule has 2 aromatic carbocycles. The van der Waals surface area contributed by atoms with Crippen LogP contribution in [0.5, 0.6) is 5.75 Å². The van der Waals surface area contributed by atoms with Gasteiger partial charge in [0, 0.05) is 11.7 Å². The van der Waals surface area contributed by atoms with E-state index in [-0.39, 0.29) is 18.5 Å². The normalized spacial score (nSPS) is 12.0. The van der Waals surface area contributed by atoms with Gasteiger partial charge in [-0.15, -0.1) is 0 Å². The summed E-state index contributed by atoms with van der Waals surface area (Å²) in [6.07, 6.45) is 0. The van der Waals surface area contributed by atoms with Crippen molar-refractivity contribution in [2.45, 2.75) is 26.8 Å². The van der Waals surface area contributed by atoms with Gasteiger partial charge in [-0.1, -0.05) is 44.2 Å². The van der Waals surface area contributed by atoms with Gasteiger partial charge in [-0.05, 0) is 42.7 Å². The van der Waals surface area contributed by atoms with Crippen molar-refractivity contribution in [3.63, 3.8) is 0 Å². The summed E-state index contributed by atoms with van der Waals surface area (Å²) in [5, 5.41) is 6.25. The van der Waals surface area contributed by atoms with Crippen molar-refractivity contribution in [2.75, 3.05) is 18.5 Å². The van der Waals surface area contributed by atoms with Gasteiger partial charge in [-0.25, -0.2) is 0 Å². The SMILES string of the molecule is CCOc1ccc(NC(=O)CN[C@@H](c2ccccc2)C(C)C)cc1. The number of ether oxygens (including phenoxy) is 1. The monoisotopic (exact) mass is 326 g/mol. The standard InChI is InChI=1S/C20H26N2O2/c1-4-24-18-12-10-17(11-13-18)22-19(23)14-21-20(15(2)3)16-8-6-5-7-9-16/h5-13,15,20-21H,4,14H2,1-3H3,(H,22,23)/t20-/m1/s1. The molecule has 24 heavy (non-hydrogen) atoms. The van der Waals surface area contributed by atoms with Gasteiger partial charge in [-0.3, -0.25) is 4.79 Å². The molecule has 0 heterocycles. The molecule has 2 N–H and O–H groups in total. The van der Waals surface area contributed by atoms with Gasteiger partial charge in [0.15, 0.2) is 0 Å². The van der Waals surface area contributed by atoms with Crippen LogP contribution in [0.25, 0.3) is 0 Å². The first-order valence-electron chi connectivity index (χ1n) is 8.41. The Morgan fingerprint density at radius 3 is 2.29 bits per heavy atom. The highest BCUT2D eigenvalue weighted by Crippen LogP contribution is 2.21. The minimum atomic E-state index is -0.0549. The van der Waals surface area contributed by atoms with E-state index in [1.165, 1.54) is 5.56 Å². The van der Waals surface area contributed by atoms with E-state index in [1.807, 2.05) is 49.4 Å². The van der Waals surface area contributed by atoms with Gasteiger partial charge >= 0.3 is 0 Å². The Kier molecular flexibility index (Phi) is 6.82. The lowest BCUT2D eigenvalue weighted by molar-refractivity contribution is -0.115. The topological polar surface area (TPSA) is 50.4 Å². The van der Waals surface area contributed by atoms with Gasteiger partial charge in [0.05, 0.1) is 13.2 Å². The molecule has 0 saturated heterocycles. The molecule has 0 aliphatic carbocycles. The summed E-state index contributed by atoms with van der Waals surface area (Å²) in [7, 11) is 0. The predicted molar refractivity (Wildman–Crippen MR) is 98.3 cm³/mol. The van der Waals surface area contributed by atoms with E-state index in [0.717, 1.165) is 11.4 Å². The van der Waals surface area contributed by atoms with E-state index in [9.17, 15) is 4.79 Å². The van der Waals surface area contributed by atoms with E-state index in [0.29, 0.717) is 12.5 Å². The Balaban J connectivity index is 1.89. The molecule has 0 saturated carbocycles. The van der Waals surface area contributed by atoms with Crippen LogP contribution in [0.15, 0.2) is 54.6 Å². The molecule has 1 atom stereocenters. The Hall–Kier alpha value is -2.33. The summed E-state index contributed by atoms with van der Waals surface area (Å²) in [5.41, 5.74) is 1.97. The number of nitrogens with one attached hydrogen (secondary N) is 2. The van der Waals surface area contributed by atoms with Gasteiger partial charge in [0.25, 0.3) is 0 Å². The second kappa shape index (κ2) is 9.08. The van der Waals surface area contributed by atoms with Gasteiger partial charge in [0.1, 0.15) is 5.75 Å². The van der Waals surface area contributed by atoms with Crippen LogP contribution in [-0.4, -0.2) is 19.1 Å². The lowest BCUT2D eigenvalue weighted by Crippen LogP contribution is -2.33. The van der Waals surface area contributed by atoms with Crippen molar-refractivity contribution in [1.29, 1.82) is 0 Å². The molecular formula is C20H26N2O2. The molecule has 0 radical (unpaired) electrons. The number of benzene rings is 2. The highest BCUT2D eigenvalue weighted by atomic mass is 16.5. The highest BCUT2D eigenvalue weighted by Gasteiger charge is 2.16. The third kappa shape index (κ3) is 5.39. The van der Waals surface area contributed by atoms with Crippen LogP contribution in [0.4, 0.5) is 5.69 Å². The van der Waals surface area contributed by atoms with E-state index in [2.05, 4.69) is 36.6 Å². The first kappa shape index (κ1) is 18.0. The molecule has 4 heteroatoms. The Bertz CT molecular complexity index is 624. The van der Waals surface area contributed by atoms with Crippen molar-refractivity contribution in [2.24, 2.45) is 5.92 Å². The molecular weight excluding hydrogens is 300 g/mol. The van der Waals surface area contributed by atoms with E-state index >= 15 is 0 Å². The van der Waals surface area contributed by atoms with E-state index < -0.39 is 0 Å². The average Bonchev–Trinajstić information content (AvgIpc) is 2.58. The molecule has 0 aliphatic heterocycles. The fourth-order valence-corrected chi connectivity index (χ4v) is 2.61. The maximum Gasteiger partial charge on any atom is 0.238 e. The fraction of sp³-hybridized carbons (Fsp3) is 0.350. The maximum absolute atomic E-state index is 12.2. The number of rotatable bonds is 8. The molecule has 0 fully saturated rings. The second-order valence-electron chi connectivity index (χ2n) is 6.02. The number of hydrogen-bond donors (Lipinski definition) is 2. The lowest BCUT2D eigenvalue weighted by Gasteiger charge is -2.22. The number of carbonyl (C=O) groups is 1. The van der Waals surface area contributed by atoms with Crippen molar-refractivity contribution < 1.29 is 9.53 Å². The largest absolute Gasteiger partial charge is 0.494 e. The number of amides is 1. The van der Waals surface area contributed by atoms with Crippen LogP contribution in [0.3, 0.4) is 0 Å². The smallest absolute Gasteiger partial charge is 0.238 e. The molecule has 2 rings (SSSR count). The third-order valence-electron chi connectivity index (χ3n) is 3.76. The minimum Gasteiger partial charge on any atom is -0.494 e. The summed E-state index contributed by atoms with van der Waals surface area (Å²) in [6, 6.07) is 17.8. The number of anilines is 1. The number of hydrogen-bond acceptors (Lipinski definition) is 3. The first-order chi connectivity index (χ1) is 11.6. The van der Waals surface area contributed by atoms with E-state index in [4.69, 9.17) is 4.74 Å². The summed E-state index contributed by atoms with van der Waals surface area (Å²) >= 11 is 0. The van der Waals surface area contributed by atoms with Crippen molar-refractivity contribution in [1.82, 2.24) is 5.32 Å². The quantitative estimate of drug-likeness (QED) is 0.770. The molecule has 0 spiro atoms. The van der Waals surface area contributed by atoms with E-state index in [1.54, 1.807) is 0 Å². The third-order valence-corrected chi connectivity index (χ3v) is 3.76. The molecule has 2 aromatic rings. The van der Waals surface area contributed by atoms with Crippen molar-refractivity contribution in [3.05, 3.63) is 60.2 Å². The first-order valence-corrected chi connectivity index (χ1v) is 8.41. The van der Waals surface area contributed by atoms with Gasteiger partial charge < -0.3 is 15.4 Å². The lowest BCUT2D eigenvalue weighted by atomic mass is 9.96. The summed E-state index contributed by atoms with van der Waals surface area (Å²) in [6.45, 7) is 7.14. The molecule has 128 valence electrons. The summed E-state index contributed by atoms with van der Waals surface area (Å²) < 4.78 is 5.40. The van der Waals surface area contributed by atoms with Crippen molar-refractivity contribution in [3.8, 4) is 5.75 Å². The van der Waals surface area contributed by atoms with Crippen LogP contribution in [0.2, 0.25) is 0 Å². The van der Waals surface area contributed by atoms with Crippen LogP contribution in [-0.2, 0) is 4.79 Å². The molecule has 0 aromatic heterocycles. The Morgan fingerprint density at radius 1 is 1.04 bits per heavy atom. The summed E-state index contributed by atoms with van der Waals surface area (Å²) in [4.78, 5) is 12.2. The zero-order chi connectivity index (χ0) is 17.4. The molecule has 4 nitrogen and oxygen atoms in total. The van der Waals surface area contributed by atoms with Crippen LogP contribution < -0.4 is 15.4 Å². The van der Waals surface area contributed by atoms with Crippen molar-refractivity contribution >= 4 is 11.6 Å². The molecule has 0 aliphatic rings. The van der Waals surface area contributed by atoms with Gasteiger partial charge in [-0.2, -0.15) is 0 Å².